The van der Waals surface area contributed by atoms with E-state index in [4.69, 9.17) is 14.2 Å². The first-order valence-electron chi connectivity index (χ1n) is 10.3. The number of esters is 2. The van der Waals surface area contributed by atoms with Crippen LogP contribution in [0.5, 0.6) is 0 Å². The van der Waals surface area contributed by atoms with Crippen molar-refractivity contribution in [1.29, 1.82) is 0 Å². The minimum Gasteiger partial charge on any atom is -0.468 e. The molecule has 2 aliphatic rings. The van der Waals surface area contributed by atoms with Crippen molar-refractivity contribution >= 4 is 11.9 Å². The lowest BCUT2D eigenvalue weighted by Crippen LogP contribution is -2.44. The summed E-state index contributed by atoms with van der Waals surface area (Å²) >= 11 is 0. The molecule has 0 amide bonds. The molecule has 2 aliphatic heterocycles. The van der Waals surface area contributed by atoms with Crippen LogP contribution in [0, 0.1) is 11.3 Å². The minimum absolute atomic E-state index is 0.526. The third-order valence-corrected chi connectivity index (χ3v) is 6.33. The molecule has 0 spiro atoms. The molecule has 5 heteroatoms. The molecule has 2 heterocycles. The van der Waals surface area contributed by atoms with Crippen molar-refractivity contribution in [2.75, 3.05) is 7.11 Å². The zero-order valence-electron chi connectivity index (χ0n) is 17.0. The summed E-state index contributed by atoms with van der Waals surface area (Å²) in [5, 5.41) is 0. The molecule has 3 aromatic rings. The summed E-state index contributed by atoms with van der Waals surface area (Å²) in [5.41, 5.74) is 0.849. The average molecular weight is 414 g/mol. The van der Waals surface area contributed by atoms with Gasteiger partial charge in [-0.3, -0.25) is 9.59 Å². The van der Waals surface area contributed by atoms with Crippen molar-refractivity contribution in [3.05, 3.63) is 108 Å². The van der Waals surface area contributed by atoms with E-state index in [1.54, 1.807) is 0 Å². The van der Waals surface area contributed by atoms with Crippen molar-refractivity contribution in [3.8, 4) is 0 Å². The van der Waals surface area contributed by atoms with Crippen molar-refractivity contribution in [1.82, 2.24) is 0 Å². The molecule has 0 unspecified atom stereocenters. The van der Waals surface area contributed by atoms with Crippen molar-refractivity contribution in [3.63, 3.8) is 0 Å². The number of benzene rings is 3. The zero-order chi connectivity index (χ0) is 21.4. The van der Waals surface area contributed by atoms with Crippen LogP contribution in [0.1, 0.15) is 35.0 Å². The molecule has 0 saturated carbocycles. The first kappa shape index (κ1) is 19.5. The maximum absolute atomic E-state index is 13.5. The Kier molecular flexibility index (Phi) is 4.83. The fourth-order valence-corrected chi connectivity index (χ4v) is 4.99. The first-order chi connectivity index (χ1) is 15.2. The number of carbonyl (C=O) groups excluding carboxylic acids is 2. The molecule has 156 valence electrons. The van der Waals surface area contributed by atoms with E-state index in [0.29, 0.717) is 0 Å². The van der Waals surface area contributed by atoms with Crippen LogP contribution in [0.2, 0.25) is 0 Å². The molecule has 3 aromatic carbocycles. The molecule has 0 N–H and O–H groups in total. The van der Waals surface area contributed by atoms with Gasteiger partial charge in [0.15, 0.2) is 0 Å². The number of hydrogen-bond donors (Lipinski definition) is 0. The van der Waals surface area contributed by atoms with Gasteiger partial charge in [0.2, 0.25) is 5.41 Å². The second-order valence-corrected chi connectivity index (χ2v) is 7.88. The van der Waals surface area contributed by atoms with Gasteiger partial charge in [-0.1, -0.05) is 91.0 Å². The van der Waals surface area contributed by atoms with Gasteiger partial charge in [-0.25, -0.2) is 0 Å². The number of hydrogen-bond acceptors (Lipinski definition) is 5. The normalized spacial score (nSPS) is 29.3. The maximum atomic E-state index is 13.5. The second-order valence-electron chi connectivity index (χ2n) is 7.88. The van der Waals surface area contributed by atoms with Crippen LogP contribution in [0.25, 0.3) is 0 Å². The Bertz CT molecular complexity index is 1080. The van der Waals surface area contributed by atoms with E-state index in [1.165, 1.54) is 7.11 Å². The monoisotopic (exact) mass is 414 g/mol. The quantitative estimate of drug-likeness (QED) is 0.462. The summed E-state index contributed by atoms with van der Waals surface area (Å²) in [6.07, 6.45) is -1.98. The smallest absolute Gasteiger partial charge is 0.327 e. The Balaban J connectivity index is 1.74. The predicted molar refractivity (Wildman–Crippen MR) is 113 cm³/mol. The summed E-state index contributed by atoms with van der Waals surface area (Å²) in [5.74, 6) is -1.82. The SMILES string of the molecule is COC(=O)[C@]12C(=O)O[C@H](c3ccccc3)[C@H]1[C@@H](c1ccccc1)O[C@H]2c1ccccc1. The van der Waals surface area contributed by atoms with Gasteiger partial charge in [0.25, 0.3) is 0 Å². The van der Waals surface area contributed by atoms with E-state index in [9.17, 15) is 9.59 Å². The number of cyclic esters (lactones) is 1. The van der Waals surface area contributed by atoms with Crippen molar-refractivity contribution in [2.45, 2.75) is 18.3 Å². The highest BCUT2D eigenvalue weighted by molar-refractivity contribution is 6.03. The molecule has 0 aliphatic carbocycles. The predicted octanol–water partition coefficient (Wildman–Crippen LogP) is 4.57. The fraction of sp³-hybridized carbons (Fsp3) is 0.231. The lowest BCUT2D eigenvalue weighted by molar-refractivity contribution is -0.170. The lowest BCUT2D eigenvalue weighted by Gasteiger charge is -2.27. The van der Waals surface area contributed by atoms with E-state index >= 15 is 0 Å². The fourth-order valence-electron chi connectivity index (χ4n) is 4.99. The van der Waals surface area contributed by atoms with Gasteiger partial charge >= 0.3 is 11.9 Å². The minimum atomic E-state index is -1.60. The first-order valence-corrected chi connectivity index (χ1v) is 10.3. The van der Waals surface area contributed by atoms with Gasteiger partial charge < -0.3 is 14.2 Å². The lowest BCUT2D eigenvalue weighted by atomic mass is 9.67. The van der Waals surface area contributed by atoms with E-state index < -0.39 is 41.6 Å². The summed E-state index contributed by atoms with van der Waals surface area (Å²) in [6.45, 7) is 0. The molecule has 5 nitrogen and oxygen atoms in total. The molecule has 0 bridgehead atoms. The highest BCUT2D eigenvalue weighted by atomic mass is 16.6. The van der Waals surface area contributed by atoms with E-state index in [1.807, 2.05) is 91.0 Å². The van der Waals surface area contributed by atoms with Gasteiger partial charge in [0.1, 0.15) is 12.2 Å². The van der Waals surface area contributed by atoms with Crippen molar-refractivity contribution in [2.24, 2.45) is 11.3 Å². The highest BCUT2D eigenvalue weighted by Gasteiger charge is 2.74. The highest BCUT2D eigenvalue weighted by Crippen LogP contribution is 2.66. The van der Waals surface area contributed by atoms with Crippen molar-refractivity contribution < 1.29 is 23.8 Å². The Morgan fingerprint density at radius 3 is 1.77 bits per heavy atom. The molecule has 2 fully saturated rings. The van der Waals surface area contributed by atoms with Gasteiger partial charge in [-0.2, -0.15) is 0 Å². The van der Waals surface area contributed by atoms with Gasteiger partial charge in [-0.05, 0) is 16.7 Å². The number of carbonyl (C=O) groups is 2. The molecule has 0 aromatic heterocycles. The van der Waals surface area contributed by atoms with E-state index in [2.05, 4.69) is 0 Å². The molecule has 5 atom stereocenters. The Morgan fingerprint density at radius 1 is 0.774 bits per heavy atom. The zero-order valence-corrected chi connectivity index (χ0v) is 17.0. The van der Waals surface area contributed by atoms with Gasteiger partial charge in [-0.15, -0.1) is 0 Å². The van der Waals surface area contributed by atoms with Gasteiger partial charge in [0.05, 0.1) is 19.1 Å². The Hall–Kier alpha value is -3.44. The summed E-state index contributed by atoms with van der Waals surface area (Å²) in [7, 11) is 1.30. The van der Waals surface area contributed by atoms with Crippen LogP contribution < -0.4 is 0 Å². The van der Waals surface area contributed by atoms with Gasteiger partial charge in [0, 0.05) is 0 Å². The van der Waals surface area contributed by atoms with Crippen LogP contribution in [-0.2, 0) is 23.8 Å². The standard InChI is InChI=1S/C26H22O5/c1-29-24(27)26-20(22(31-25(26)28)18-13-7-3-8-14-18)21(17-11-5-2-6-12-17)30-23(26)19-15-9-4-10-16-19/h2-16,20-23H,1H3/t20-,21-,22-,23+,26+/m1/s1. The maximum Gasteiger partial charge on any atom is 0.327 e. The number of rotatable bonds is 4. The molecular formula is C26H22O5. The molecule has 31 heavy (non-hydrogen) atoms. The van der Waals surface area contributed by atoms with Crippen LogP contribution in [0.3, 0.4) is 0 Å². The molecule has 0 radical (unpaired) electrons. The molecule has 2 saturated heterocycles. The summed E-state index contributed by atoms with van der Waals surface area (Å²) in [6, 6.07) is 28.5. The van der Waals surface area contributed by atoms with Crippen LogP contribution in [-0.4, -0.2) is 19.0 Å². The number of methoxy groups -OCH3 is 1. The molecule has 5 rings (SSSR count). The summed E-state index contributed by atoms with van der Waals surface area (Å²) < 4.78 is 17.7. The van der Waals surface area contributed by atoms with E-state index in [-0.39, 0.29) is 0 Å². The largest absolute Gasteiger partial charge is 0.468 e. The Morgan fingerprint density at radius 2 is 1.26 bits per heavy atom. The van der Waals surface area contributed by atoms with Crippen LogP contribution in [0.15, 0.2) is 91.0 Å². The second kappa shape index (κ2) is 7.67. The van der Waals surface area contributed by atoms with Crippen LogP contribution in [0.4, 0.5) is 0 Å². The average Bonchev–Trinajstić information content (AvgIpc) is 3.35. The topological polar surface area (TPSA) is 61.8 Å². The Labute approximate surface area is 180 Å². The number of fused-ring (bicyclic) bond motifs is 1. The summed E-state index contributed by atoms with van der Waals surface area (Å²) in [4.78, 5) is 26.9. The van der Waals surface area contributed by atoms with Crippen LogP contribution >= 0.6 is 0 Å². The number of ether oxygens (including phenoxy) is 3. The van der Waals surface area contributed by atoms with E-state index in [0.717, 1.165) is 16.7 Å². The third-order valence-electron chi connectivity index (χ3n) is 6.33. The molecular weight excluding hydrogens is 392 g/mol. The third kappa shape index (κ3) is 2.88.